The van der Waals surface area contributed by atoms with Gasteiger partial charge >= 0.3 is 0 Å². The second-order valence-electron chi connectivity index (χ2n) is 11.2. The van der Waals surface area contributed by atoms with Crippen LogP contribution in [0.15, 0.2) is 0 Å². The van der Waals surface area contributed by atoms with E-state index in [-0.39, 0.29) is 7.92 Å². The third-order valence-corrected chi connectivity index (χ3v) is 21.4. The van der Waals surface area contributed by atoms with Crippen LogP contribution in [-0.4, -0.2) is 92.3 Å². The molecule has 0 fully saturated rings. The summed E-state index contributed by atoms with van der Waals surface area (Å²) in [6.07, 6.45) is 28.2. The Hall–Kier alpha value is 1.25. The van der Waals surface area contributed by atoms with Crippen molar-refractivity contribution in [3.05, 3.63) is 0 Å². The van der Waals surface area contributed by atoms with E-state index in [1.54, 1.807) is 49.3 Å². The number of nitrogens with zero attached hydrogens (tertiary/aromatic N) is 1. The molecule has 34 heavy (non-hydrogen) atoms. The molecule has 0 aliphatic carbocycles. The smallest absolute Gasteiger partial charge is 0.0721 e. The van der Waals surface area contributed by atoms with Crippen molar-refractivity contribution in [3.63, 3.8) is 0 Å². The monoisotopic (exact) mass is 535 g/mol. The fourth-order valence-electron chi connectivity index (χ4n) is 6.48. The molecular weight excluding hydrogens is 467 g/mol. The van der Waals surface area contributed by atoms with Crippen molar-refractivity contribution in [3.8, 4) is 0 Å². The van der Waals surface area contributed by atoms with Crippen molar-refractivity contribution < 1.29 is 0 Å². The van der Waals surface area contributed by atoms with Gasteiger partial charge in [0.15, 0.2) is 0 Å². The Morgan fingerprint density at radius 3 is 0.971 bits per heavy atom. The van der Waals surface area contributed by atoms with Crippen LogP contribution in [0.3, 0.4) is 0 Å². The maximum Gasteiger partial charge on any atom is 0.0721 e. The second kappa shape index (κ2) is 22.3. The van der Waals surface area contributed by atoms with Crippen molar-refractivity contribution in [1.82, 2.24) is 4.90 Å². The summed E-state index contributed by atoms with van der Waals surface area (Å²) in [5.41, 5.74) is 0. The van der Waals surface area contributed by atoms with E-state index in [0.717, 1.165) is 0 Å². The molecule has 0 spiro atoms. The molecule has 0 saturated heterocycles. The lowest BCUT2D eigenvalue weighted by molar-refractivity contribution is 0.325. The minimum absolute atomic E-state index is 0.265. The van der Waals surface area contributed by atoms with Crippen molar-refractivity contribution >= 4 is 22.4 Å². The van der Waals surface area contributed by atoms with Gasteiger partial charge in [-0.15, -0.1) is 7.92 Å². The van der Waals surface area contributed by atoms with Gasteiger partial charge in [0.25, 0.3) is 0 Å². The molecule has 0 N–H and O–H groups in total. The molecule has 0 aliphatic rings. The lowest BCUT2D eigenvalue weighted by Gasteiger charge is -2.33. The number of hydrogen-bond acceptors (Lipinski definition) is 1. The van der Waals surface area contributed by atoms with Crippen LogP contribution in [-0.2, 0) is 0 Å². The number of hydrogen-bond donors (Lipinski definition) is 0. The zero-order chi connectivity index (χ0) is 25.7. The molecule has 0 aromatic rings. The first kappa shape index (κ1) is 35.2. The van der Waals surface area contributed by atoms with Gasteiger partial charge < -0.3 is 0 Å². The Morgan fingerprint density at radius 2 is 0.706 bits per heavy atom. The summed E-state index contributed by atoms with van der Waals surface area (Å²) < 4.78 is 0. The lowest BCUT2D eigenvalue weighted by Crippen LogP contribution is -2.35. The highest BCUT2D eigenvalue weighted by atomic mass is 31.2. The molecule has 0 atom stereocenters. The lowest BCUT2D eigenvalue weighted by atomic mass is 10.5. The van der Waals surface area contributed by atoms with Gasteiger partial charge in [0, 0.05) is 34.2 Å². The molecule has 0 aromatic carbocycles. The first-order valence-corrected chi connectivity index (χ1v) is 22.5. The van der Waals surface area contributed by atoms with Gasteiger partial charge in [-0.05, 0) is 57.0 Å². The minimum Gasteiger partial charge on any atom is -0.296 e. The van der Waals surface area contributed by atoms with Crippen molar-refractivity contribution in [2.24, 2.45) is 0 Å². The first-order chi connectivity index (χ1) is 16.4. The van der Waals surface area contributed by atoms with E-state index in [9.17, 15) is 0 Å². The van der Waals surface area contributed by atoms with Crippen LogP contribution >= 0.6 is 22.4 Å². The first-order valence-electron chi connectivity index (χ1n) is 15.6. The summed E-state index contributed by atoms with van der Waals surface area (Å²) in [7, 11) is -1.24. The van der Waals surface area contributed by atoms with Gasteiger partial charge in [0.05, 0.1) is 49.3 Å². The summed E-state index contributed by atoms with van der Waals surface area (Å²) in [6.45, 7) is 23.7. The highest BCUT2D eigenvalue weighted by molar-refractivity contribution is 7.76. The van der Waals surface area contributed by atoms with E-state index in [0.29, 0.717) is 0 Å². The summed E-state index contributed by atoms with van der Waals surface area (Å²) in [5.74, 6) is 0. The van der Waals surface area contributed by atoms with Crippen LogP contribution in [0.1, 0.15) is 107 Å². The number of rotatable bonds is 25. The Bertz CT molecular complexity index is 373. The minimum atomic E-state index is -0.753. The second-order valence-corrected chi connectivity index (χ2v) is 22.8. The van der Waals surface area contributed by atoms with Crippen LogP contribution in [0.2, 0.25) is 0 Å². The molecule has 0 amide bonds. The molecule has 0 heterocycles. The standard InChI is InChI=1S/C30H68NP3/c1-9-20-32(21-10-2)22-17-31(18-29-33(23-11-3,24-12-4)25-13-5)19-30-34(26-14-6,27-15-7)28-16-8/h9-30H2,1-8H3/q+2. The zero-order valence-electron chi connectivity index (χ0n) is 25.3. The van der Waals surface area contributed by atoms with Crippen molar-refractivity contribution in [2.45, 2.75) is 107 Å². The molecule has 0 bridgehead atoms. The topological polar surface area (TPSA) is 3.24 Å². The van der Waals surface area contributed by atoms with Crippen LogP contribution in [0.25, 0.3) is 0 Å². The largest absolute Gasteiger partial charge is 0.296 e. The molecule has 0 aliphatic heterocycles. The maximum atomic E-state index is 3.02. The fourth-order valence-corrected chi connectivity index (χ4v) is 18.8. The van der Waals surface area contributed by atoms with Crippen LogP contribution in [0.4, 0.5) is 0 Å². The third-order valence-electron chi connectivity index (χ3n) is 7.78. The normalized spacial score (nSPS) is 12.9. The van der Waals surface area contributed by atoms with Crippen molar-refractivity contribution in [2.75, 3.05) is 87.4 Å². The molecule has 0 saturated carbocycles. The van der Waals surface area contributed by atoms with Gasteiger partial charge in [-0.25, -0.2) is 0 Å². The molecule has 206 valence electrons. The Balaban J connectivity index is 5.52. The predicted molar refractivity (Wildman–Crippen MR) is 173 cm³/mol. The van der Waals surface area contributed by atoms with Crippen LogP contribution in [0.5, 0.6) is 0 Å². The Kier molecular flexibility index (Phi) is 23.1. The van der Waals surface area contributed by atoms with E-state index in [1.165, 1.54) is 89.5 Å². The quantitative estimate of drug-likeness (QED) is 0.105. The van der Waals surface area contributed by atoms with E-state index in [2.05, 4.69) is 60.3 Å². The average molecular weight is 536 g/mol. The fraction of sp³-hybridized carbons (Fsp3) is 1.00. The molecule has 0 unspecified atom stereocenters. The molecule has 0 radical (unpaired) electrons. The van der Waals surface area contributed by atoms with E-state index < -0.39 is 14.5 Å². The highest BCUT2D eigenvalue weighted by Gasteiger charge is 2.37. The van der Waals surface area contributed by atoms with E-state index in [1.807, 2.05) is 0 Å². The maximum absolute atomic E-state index is 3.02. The van der Waals surface area contributed by atoms with E-state index >= 15 is 0 Å². The van der Waals surface area contributed by atoms with Crippen LogP contribution < -0.4 is 0 Å². The summed E-state index contributed by atoms with van der Waals surface area (Å²) >= 11 is 0. The van der Waals surface area contributed by atoms with Gasteiger partial charge in [0.1, 0.15) is 0 Å². The zero-order valence-corrected chi connectivity index (χ0v) is 28.0. The summed E-state index contributed by atoms with van der Waals surface area (Å²) in [6, 6.07) is 0. The predicted octanol–water partition coefficient (Wildman–Crippen LogP) is 10.1. The van der Waals surface area contributed by atoms with Crippen molar-refractivity contribution in [1.29, 1.82) is 0 Å². The van der Waals surface area contributed by atoms with Gasteiger partial charge in [-0.3, -0.25) is 4.90 Å². The summed E-state index contributed by atoms with van der Waals surface area (Å²) in [5, 5.41) is 0. The summed E-state index contributed by atoms with van der Waals surface area (Å²) in [4.78, 5) is 3.02. The Labute approximate surface area is 221 Å². The van der Waals surface area contributed by atoms with Gasteiger partial charge in [0.2, 0.25) is 0 Å². The molecule has 4 heteroatoms. The van der Waals surface area contributed by atoms with E-state index in [4.69, 9.17) is 0 Å². The van der Waals surface area contributed by atoms with Crippen LogP contribution in [0, 0.1) is 0 Å². The molecular formula is C30H68NP3+2. The van der Waals surface area contributed by atoms with Gasteiger partial charge in [-0.1, -0.05) is 68.2 Å². The SMILES string of the molecule is CCCP(CCC)CCN(CC[P+](CCC)(CCC)CCC)CC[P+](CCC)(CCC)CCC. The molecule has 1 nitrogen and oxygen atoms in total. The van der Waals surface area contributed by atoms with Gasteiger partial charge in [-0.2, -0.15) is 0 Å². The third kappa shape index (κ3) is 14.9. The average Bonchev–Trinajstić information content (AvgIpc) is 2.80. The molecule has 0 aromatic heterocycles. The highest BCUT2D eigenvalue weighted by Crippen LogP contribution is 2.61. The Morgan fingerprint density at radius 1 is 0.382 bits per heavy atom. The molecule has 0 rings (SSSR count).